The van der Waals surface area contributed by atoms with Gasteiger partial charge in [0.05, 0.1) is 6.20 Å². The number of aromatic nitrogens is 2. The van der Waals surface area contributed by atoms with Gasteiger partial charge in [-0.2, -0.15) is 0 Å². The third-order valence-electron chi connectivity index (χ3n) is 2.21. The molecule has 0 aliphatic rings. The molecule has 2 rings (SSSR count). The quantitative estimate of drug-likeness (QED) is 0.742. The van der Waals surface area contributed by atoms with Gasteiger partial charge in [0, 0.05) is 5.56 Å². The Kier molecular flexibility index (Phi) is 2.87. The predicted octanol–water partition coefficient (Wildman–Crippen LogP) is 2.33. The lowest BCUT2D eigenvalue weighted by Gasteiger charge is -1.99. The number of rotatable bonds is 3. The van der Waals surface area contributed by atoms with E-state index in [0.29, 0.717) is 10.4 Å². The van der Waals surface area contributed by atoms with E-state index < -0.39 is 0 Å². The average Bonchev–Trinajstić information content (AvgIpc) is 2.82. The smallest absolute Gasteiger partial charge is 0.206 e. The summed E-state index contributed by atoms with van der Waals surface area (Å²) in [7, 11) is 0. The topological polar surface area (TPSA) is 42.9 Å². The van der Waals surface area contributed by atoms with Crippen molar-refractivity contribution in [1.29, 1.82) is 0 Å². The molecule has 1 aromatic carbocycles. The second kappa shape index (κ2) is 4.31. The van der Waals surface area contributed by atoms with Gasteiger partial charge >= 0.3 is 0 Å². The molecule has 4 heteroatoms. The second-order valence-corrected chi connectivity index (χ2v) is 3.95. The van der Waals surface area contributed by atoms with Crippen molar-refractivity contribution in [3.05, 3.63) is 46.5 Å². The Morgan fingerprint density at radius 3 is 2.60 bits per heavy atom. The van der Waals surface area contributed by atoms with Gasteiger partial charge in [-0.05, 0) is 23.5 Å². The first-order valence-electron chi connectivity index (χ1n) is 4.72. The molecule has 0 saturated carbocycles. The molecule has 0 bridgehead atoms. The molecule has 0 atom stereocenters. The van der Waals surface area contributed by atoms with Crippen molar-refractivity contribution in [3.8, 4) is 0 Å². The molecule has 0 amide bonds. The summed E-state index contributed by atoms with van der Waals surface area (Å²) in [5.74, 6) is -0.00680. The van der Waals surface area contributed by atoms with Gasteiger partial charge in [0.15, 0.2) is 0 Å². The first-order valence-corrected chi connectivity index (χ1v) is 5.49. The van der Waals surface area contributed by atoms with Gasteiger partial charge in [0.25, 0.3) is 0 Å². The lowest BCUT2D eigenvalue weighted by atomic mass is 10.1. The SMILES string of the molecule is CCc1ccc(C(=O)c2cnns2)cc1. The zero-order chi connectivity index (χ0) is 10.7. The van der Waals surface area contributed by atoms with Crippen LogP contribution in [0.5, 0.6) is 0 Å². The van der Waals surface area contributed by atoms with E-state index in [1.54, 1.807) is 0 Å². The van der Waals surface area contributed by atoms with E-state index >= 15 is 0 Å². The summed E-state index contributed by atoms with van der Waals surface area (Å²) in [5.41, 5.74) is 1.92. The maximum Gasteiger partial charge on any atom is 0.206 e. The Morgan fingerprint density at radius 2 is 2.07 bits per heavy atom. The maximum atomic E-state index is 11.8. The van der Waals surface area contributed by atoms with E-state index in [0.717, 1.165) is 18.0 Å². The van der Waals surface area contributed by atoms with Gasteiger partial charge in [0.2, 0.25) is 5.78 Å². The normalized spacial score (nSPS) is 10.2. The second-order valence-electron chi connectivity index (χ2n) is 3.16. The predicted molar refractivity (Wildman–Crippen MR) is 59.2 cm³/mol. The molecule has 0 aliphatic heterocycles. The fourth-order valence-corrected chi connectivity index (χ4v) is 1.78. The molecule has 0 fully saturated rings. The van der Waals surface area contributed by atoms with Crippen LogP contribution < -0.4 is 0 Å². The van der Waals surface area contributed by atoms with Crippen molar-refractivity contribution in [2.24, 2.45) is 0 Å². The van der Waals surface area contributed by atoms with Gasteiger partial charge in [-0.1, -0.05) is 35.7 Å². The van der Waals surface area contributed by atoms with Gasteiger partial charge in [-0.15, -0.1) is 5.10 Å². The van der Waals surface area contributed by atoms with Crippen molar-refractivity contribution < 1.29 is 4.79 Å². The molecule has 0 spiro atoms. The number of nitrogens with zero attached hydrogens (tertiary/aromatic N) is 2. The first kappa shape index (κ1) is 9.98. The first-order chi connectivity index (χ1) is 7.31. The van der Waals surface area contributed by atoms with Crippen LogP contribution in [-0.4, -0.2) is 15.4 Å². The number of ketones is 1. The summed E-state index contributed by atoms with van der Waals surface area (Å²) in [4.78, 5) is 12.4. The van der Waals surface area contributed by atoms with Crippen LogP contribution in [0.2, 0.25) is 0 Å². The highest BCUT2D eigenvalue weighted by atomic mass is 32.1. The monoisotopic (exact) mass is 218 g/mol. The van der Waals surface area contributed by atoms with Gasteiger partial charge in [-0.3, -0.25) is 4.79 Å². The van der Waals surface area contributed by atoms with Crippen LogP contribution in [0, 0.1) is 0 Å². The van der Waals surface area contributed by atoms with E-state index in [1.807, 2.05) is 24.3 Å². The van der Waals surface area contributed by atoms with Gasteiger partial charge in [-0.25, -0.2) is 0 Å². The maximum absolute atomic E-state index is 11.8. The lowest BCUT2D eigenvalue weighted by Crippen LogP contribution is -1.98. The fourth-order valence-electron chi connectivity index (χ4n) is 1.30. The van der Waals surface area contributed by atoms with Crippen LogP contribution in [0.25, 0.3) is 0 Å². The molecule has 2 aromatic rings. The fraction of sp³-hybridized carbons (Fsp3) is 0.182. The Bertz CT molecular complexity index is 448. The Labute approximate surface area is 91.9 Å². The lowest BCUT2D eigenvalue weighted by molar-refractivity contribution is 0.104. The zero-order valence-electron chi connectivity index (χ0n) is 8.30. The molecular formula is C11H10N2OS. The van der Waals surface area contributed by atoms with Crippen LogP contribution in [-0.2, 0) is 6.42 Å². The molecule has 0 aliphatic carbocycles. The Morgan fingerprint density at radius 1 is 1.33 bits per heavy atom. The molecule has 15 heavy (non-hydrogen) atoms. The highest BCUT2D eigenvalue weighted by Crippen LogP contribution is 2.12. The van der Waals surface area contributed by atoms with E-state index in [-0.39, 0.29) is 5.78 Å². The molecule has 1 aromatic heterocycles. The third kappa shape index (κ3) is 2.10. The average molecular weight is 218 g/mol. The molecule has 76 valence electrons. The number of hydrogen-bond donors (Lipinski definition) is 0. The summed E-state index contributed by atoms with van der Waals surface area (Å²) >= 11 is 1.13. The summed E-state index contributed by atoms with van der Waals surface area (Å²) < 4.78 is 3.67. The van der Waals surface area contributed by atoms with E-state index in [2.05, 4.69) is 16.5 Å². The zero-order valence-corrected chi connectivity index (χ0v) is 9.12. The minimum absolute atomic E-state index is 0.00680. The van der Waals surface area contributed by atoms with Crippen molar-refractivity contribution in [2.45, 2.75) is 13.3 Å². The summed E-state index contributed by atoms with van der Waals surface area (Å²) in [5, 5.41) is 3.65. The van der Waals surface area contributed by atoms with E-state index in [9.17, 15) is 4.79 Å². The Hall–Kier alpha value is -1.55. The van der Waals surface area contributed by atoms with Crippen LogP contribution in [0.3, 0.4) is 0 Å². The molecule has 3 nitrogen and oxygen atoms in total. The minimum atomic E-state index is -0.00680. The largest absolute Gasteiger partial charge is 0.288 e. The molecule has 0 N–H and O–H groups in total. The van der Waals surface area contributed by atoms with Crippen molar-refractivity contribution in [2.75, 3.05) is 0 Å². The standard InChI is InChI=1S/C11H10N2OS/c1-2-8-3-5-9(6-4-8)11(14)10-7-12-13-15-10/h3-7H,2H2,1H3. The number of carbonyl (C=O) groups excluding carboxylic acids is 1. The van der Waals surface area contributed by atoms with Crippen molar-refractivity contribution in [3.63, 3.8) is 0 Å². The van der Waals surface area contributed by atoms with Crippen LogP contribution in [0.15, 0.2) is 30.5 Å². The minimum Gasteiger partial charge on any atom is -0.288 e. The van der Waals surface area contributed by atoms with Crippen LogP contribution >= 0.6 is 11.5 Å². The van der Waals surface area contributed by atoms with Crippen LogP contribution in [0.1, 0.15) is 27.7 Å². The number of hydrogen-bond acceptors (Lipinski definition) is 4. The number of aryl methyl sites for hydroxylation is 1. The highest BCUT2D eigenvalue weighted by molar-refractivity contribution is 7.08. The molecule has 0 unspecified atom stereocenters. The summed E-state index contributed by atoms with van der Waals surface area (Å²) in [6.45, 7) is 2.09. The molecular weight excluding hydrogens is 208 g/mol. The van der Waals surface area contributed by atoms with Crippen LogP contribution in [0.4, 0.5) is 0 Å². The highest BCUT2D eigenvalue weighted by Gasteiger charge is 2.10. The molecule has 0 radical (unpaired) electrons. The molecule has 0 saturated heterocycles. The van der Waals surface area contributed by atoms with Crippen molar-refractivity contribution in [1.82, 2.24) is 9.59 Å². The van der Waals surface area contributed by atoms with E-state index in [1.165, 1.54) is 11.8 Å². The van der Waals surface area contributed by atoms with Gasteiger partial charge in [0.1, 0.15) is 4.88 Å². The Balaban J connectivity index is 2.27. The van der Waals surface area contributed by atoms with E-state index in [4.69, 9.17) is 0 Å². The number of benzene rings is 1. The van der Waals surface area contributed by atoms with Crippen molar-refractivity contribution >= 4 is 17.3 Å². The molecule has 1 heterocycles. The van der Waals surface area contributed by atoms with Gasteiger partial charge < -0.3 is 0 Å². The number of carbonyl (C=O) groups is 1. The summed E-state index contributed by atoms with van der Waals surface area (Å²) in [6.07, 6.45) is 2.48. The third-order valence-corrected chi connectivity index (χ3v) is 2.87. The summed E-state index contributed by atoms with van der Waals surface area (Å²) in [6, 6.07) is 7.64.